The second-order valence-corrected chi connectivity index (χ2v) is 5.29. The molecule has 1 unspecified atom stereocenters. The van der Waals surface area contributed by atoms with Gasteiger partial charge < -0.3 is 15.1 Å². The minimum Gasteiger partial charge on any atom is -0.508 e. The van der Waals surface area contributed by atoms with Crippen LogP contribution in [0.3, 0.4) is 0 Å². The van der Waals surface area contributed by atoms with Crippen molar-refractivity contribution in [3.63, 3.8) is 0 Å². The van der Waals surface area contributed by atoms with Crippen molar-refractivity contribution in [1.82, 2.24) is 4.90 Å². The Bertz CT molecular complexity index is 532. The van der Waals surface area contributed by atoms with Crippen molar-refractivity contribution >= 4 is 23.5 Å². The van der Waals surface area contributed by atoms with Gasteiger partial charge in [0.1, 0.15) is 11.8 Å². The van der Waals surface area contributed by atoms with Crippen LogP contribution in [-0.2, 0) is 16.0 Å². The SMILES string of the molecule is O=C(O)C1CCCN1C(=O)CCc1cc(Cl)ccc1O. The van der Waals surface area contributed by atoms with Crippen LogP contribution in [-0.4, -0.2) is 39.6 Å². The number of benzene rings is 1. The van der Waals surface area contributed by atoms with E-state index in [1.54, 1.807) is 12.1 Å². The van der Waals surface area contributed by atoms with Crippen molar-refractivity contribution in [2.75, 3.05) is 6.54 Å². The molecule has 1 aromatic rings. The molecule has 108 valence electrons. The van der Waals surface area contributed by atoms with Gasteiger partial charge in [-0.15, -0.1) is 0 Å². The molecule has 1 saturated heterocycles. The van der Waals surface area contributed by atoms with Crippen molar-refractivity contribution in [3.8, 4) is 5.75 Å². The maximum Gasteiger partial charge on any atom is 0.326 e. The number of carboxylic acids is 1. The van der Waals surface area contributed by atoms with Crippen molar-refractivity contribution in [1.29, 1.82) is 0 Å². The number of carbonyl (C=O) groups excluding carboxylic acids is 1. The van der Waals surface area contributed by atoms with Crippen molar-refractivity contribution in [2.45, 2.75) is 31.7 Å². The third-order valence-corrected chi connectivity index (χ3v) is 3.74. The molecular formula is C14H16ClNO4. The van der Waals surface area contributed by atoms with E-state index in [0.29, 0.717) is 36.4 Å². The summed E-state index contributed by atoms with van der Waals surface area (Å²) < 4.78 is 0. The number of hydrogen-bond donors (Lipinski definition) is 2. The van der Waals surface area contributed by atoms with E-state index in [2.05, 4.69) is 0 Å². The standard InChI is InChI=1S/C14H16ClNO4/c15-10-4-5-12(17)9(8-10)3-6-13(18)16-7-1-2-11(16)14(19)20/h4-5,8,11,17H,1-3,6-7H2,(H,19,20). The molecule has 0 saturated carbocycles. The number of aromatic hydroxyl groups is 1. The molecule has 0 radical (unpaired) electrons. The Morgan fingerprint density at radius 1 is 1.40 bits per heavy atom. The summed E-state index contributed by atoms with van der Waals surface area (Å²) in [7, 11) is 0. The molecule has 1 heterocycles. The normalized spacial score (nSPS) is 18.2. The Morgan fingerprint density at radius 3 is 2.85 bits per heavy atom. The second kappa shape index (κ2) is 6.13. The molecule has 20 heavy (non-hydrogen) atoms. The molecule has 2 N–H and O–H groups in total. The monoisotopic (exact) mass is 297 g/mol. The molecule has 0 bridgehead atoms. The third-order valence-electron chi connectivity index (χ3n) is 3.51. The second-order valence-electron chi connectivity index (χ2n) is 4.86. The van der Waals surface area contributed by atoms with Gasteiger partial charge in [0.2, 0.25) is 5.91 Å². The molecule has 0 spiro atoms. The van der Waals surface area contributed by atoms with Gasteiger partial charge in [-0.05, 0) is 43.0 Å². The number of phenolic OH excluding ortho intramolecular Hbond substituents is 1. The summed E-state index contributed by atoms with van der Waals surface area (Å²) in [6.45, 7) is 0.483. The Morgan fingerprint density at radius 2 is 2.15 bits per heavy atom. The number of carbonyl (C=O) groups is 2. The van der Waals surface area contributed by atoms with Crippen LogP contribution in [0, 0.1) is 0 Å². The van der Waals surface area contributed by atoms with E-state index in [9.17, 15) is 14.7 Å². The number of halogens is 1. The molecule has 0 aromatic heterocycles. The van der Waals surface area contributed by atoms with Gasteiger partial charge in [0.25, 0.3) is 0 Å². The first-order valence-corrected chi connectivity index (χ1v) is 6.86. The summed E-state index contributed by atoms with van der Waals surface area (Å²) in [5, 5.41) is 19.2. The first-order chi connectivity index (χ1) is 9.49. The van der Waals surface area contributed by atoms with E-state index in [0.717, 1.165) is 0 Å². The topological polar surface area (TPSA) is 77.8 Å². The van der Waals surface area contributed by atoms with Crippen LogP contribution in [0.5, 0.6) is 5.75 Å². The smallest absolute Gasteiger partial charge is 0.326 e. The molecule has 5 nitrogen and oxygen atoms in total. The zero-order valence-electron chi connectivity index (χ0n) is 10.9. The fourth-order valence-corrected chi connectivity index (χ4v) is 2.66. The fraction of sp³-hybridized carbons (Fsp3) is 0.429. The van der Waals surface area contributed by atoms with Crippen molar-refractivity contribution in [2.24, 2.45) is 0 Å². The molecular weight excluding hydrogens is 282 g/mol. The summed E-state index contributed by atoms with van der Waals surface area (Å²) in [5.74, 6) is -1.06. The number of hydrogen-bond acceptors (Lipinski definition) is 3. The first-order valence-electron chi connectivity index (χ1n) is 6.48. The lowest BCUT2D eigenvalue weighted by molar-refractivity contribution is -0.148. The van der Waals surface area contributed by atoms with Gasteiger partial charge in [-0.2, -0.15) is 0 Å². The Hall–Kier alpha value is -1.75. The minimum absolute atomic E-state index is 0.0957. The molecule has 0 aliphatic carbocycles. The number of aryl methyl sites for hydroxylation is 1. The summed E-state index contributed by atoms with van der Waals surface area (Å²) in [6.07, 6.45) is 1.72. The number of rotatable bonds is 4. The Balaban J connectivity index is 1.98. The predicted octanol–water partition coefficient (Wildman–Crippen LogP) is 2.05. The summed E-state index contributed by atoms with van der Waals surface area (Å²) in [4.78, 5) is 24.5. The zero-order chi connectivity index (χ0) is 14.7. The number of amides is 1. The van der Waals surface area contributed by atoms with Gasteiger partial charge in [-0.1, -0.05) is 11.6 Å². The van der Waals surface area contributed by atoms with Gasteiger partial charge in [0.05, 0.1) is 0 Å². The predicted molar refractivity (Wildman–Crippen MR) is 73.8 cm³/mol. The summed E-state index contributed by atoms with van der Waals surface area (Å²) in [6, 6.07) is 3.96. The van der Waals surface area contributed by atoms with Gasteiger partial charge in [-0.25, -0.2) is 4.79 Å². The van der Waals surface area contributed by atoms with Crippen LogP contribution >= 0.6 is 11.6 Å². The highest BCUT2D eigenvalue weighted by atomic mass is 35.5. The molecule has 2 rings (SSSR count). The number of aliphatic carboxylic acids is 1. The lowest BCUT2D eigenvalue weighted by atomic mass is 10.1. The molecule has 6 heteroatoms. The average molecular weight is 298 g/mol. The average Bonchev–Trinajstić information content (AvgIpc) is 2.89. The first kappa shape index (κ1) is 14.7. The van der Waals surface area contributed by atoms with E-state index in [4.69, 9.17) is 16.7 Å². The molecule has 1 aliphatic heterocycles. The molecule has 1 amide bonds. The van der Waals surface area contributed by atoms with Crippen LogP contribution in [0.4, 0.5) is 0 Å². The van der Waals surface area contributed by atoms with Gasteiger partial charge in [0.15, 0.2) is 0 Å². The zero-order valence-corrected chi connectivity index (χ0v) is 11.6. The lowest BCUT2D eigenvalue weighted by Gasteiger charge is -2.21. The minimum atomic E-state index is -0.957. The van der Waals surface area contributed by atoms with Crippen LogP contribution in [0.2, 0.25) is 5.02 Å². The number of phenols is 1. The Labute approximate surface area is 121 Å². The Kier molecular flexibility index (Phi) is 4.49. The van der Waals surface area contributed by atoms with Crippen LogP contribution in [0.15, 0.2) is 18.2 Å². The highest BCUT2D eigenvalue weighted by Crippen LogP contribution is 2.24. The number of likely N-dealkylation sites (tertiary alicyclic amines) is 1. The molecule has 1 aromatic carbocycles. The van der Waals surface area contributed by atoms with Crippen LogP contribution in [0.25, 0.3) is 0 Å². The molecule has 1 fully saturated rings. The van der Waals surface area contributed by atoms with Crippen molar-refractivity contribution in [3.05, 3.63) is 28.8 Å². The van der Waals surface area contributed by atoms with E-state index in [1.807, 2.05) is 0 Å². The van der Waals surface area contributed by atoms with Crippen molar-refractivity contribution < 1.29 is 19.8 Å². The van der Waals surface area contributed by atoms with Crippen LogP contribution < -0.4 is 0 Å². The van der Waals surface area contributed by atoms with Gasteiger partial charge in [-0.3, -0.25) is 4.79 Å². The van der Waals surface area contributed by atoms with E-state index in [-0.39, 0.29) is 18.1 Å². The maximum absolute atomic E-state index is 12.1. The highest BCUT2D eigenvalue weighted by Gasteiger charge is 2.33. The number of nitrogens with zero attached hydrogens (tertiary/aromatic N) is 1. The molecule has 1 atom stereocenters. The summed E-state index contributed by atoms with van der Waals surface area (Å²) in [5.41, 5.74) is 0.594. The third kappa shape index (κ3) is 3.22. The highest BCUT2D eigenvalue weighted by molar-refractivity contribution is 6.30. The van der Waals surface area contributed by atoms with E-state index in [1.165, 1.54) is 11.0 Å². The largest absolute Gasteiger partial charge is 0.508 e. The van der Waals surface area contributed by atoms with E-state index >= 15 is 0 Å². The van der Waals surface area contributed by atoms with Crippen LogP contribution in [0.1, 0.15) is 24.8 Å². The lowest BCUT2D eigenvalue weighted by Crippen LogP contribution is -2.40. The molecule has 1 aliphatic rings. The maximum atomic E-state index is 12.1. The fourth-order valence-electron chi connectivity index (χ4n) is 2.46. The quantitative estimate of drug-likeness (QED) is 0.891. The van der Waals surface area contributed by atoms with Gasteiger partial charge in [0, 0.05) is 18.0 Å². The van der Waals surface area contributed by atoms with Gasteiger partial charge >= 0.3 is 5.97 Å². The number of carboxylic acid groups (broad SMARTS) is 1. The van der Waals surface area contributed by atoms with E-state index < -0.39 is 12.0 Å². The summed E-state index contributed by atoms with van der Waals surface area (Å²) >= 11 is 5.84.